The van der Waals surface area contributed by atoms with E-state index < -0.39 is 0 Å². The fourth-order valence-electron chi connectivity index (χ4n) is 2.09. The van der Waals surface area contributed by atoms with E-state index >= 15 is 0 Å². The van der Waals surface area contributed by atoms with Crippen LogP contribution in [0.25, 0.3) is 5.69 Å². The molecule has 1 aliphatic rings. The van der Waals surface area contributed by atoms with Crippen molar-refractivity contribution < 1.29 is 0 Å². The molecule has 1 heterocycles. The Kier molecular flexibility index (Phi) is 3.22. The second-order valence-corrected chi connectivity index (χ2v) is 5.69. The lowest BCUT2D eigenvalue weighted by Gasteiger charge is -2.13. The van der Waals surface area contributed by atoms with Crippen LogP contribution in [-0.4, -0.2) is 15.6 Å². The lowest BCUT2D eigenvalue weighted by atomic mass is 10.1. The molecule has 1 aromatic heterocycles. The summed E-state index contributed by atoms with van der Waals surface area (Å²) in [4.78, 5) is 4.30. The molecular weight excluding hydrogens is 290 g/mol. The highest BCUT2D eigenvalue weighted by molar-refractivity contribution is 9.10. The van der Waals surface area contributed by atoms with Gasteiger partial charge >= 0.3 is 0 Å². The van der Waals surface area contributed by atoms with Gasteiger partial charge < -0.3 is 9.88 Å². The van der Waals surface area contributed by atoms with Crippen LogP contribution in [0.2, 0.25) is 0 Å². The lowest BCUT2D eigenvalue weighted by Crippen LogP contribution is -2.17. The Morgan fingerprint density at radius 3 is 2.94 bits per heavy atom. The van der Waals surface area contributed by atoms with Crippen LogP contribution in [-0.2, 0) is 6.54 Å². The fraction of sp³-hybridized carbons (Fsp3) is 0.357. The number of aryl methyl sites for hydroxylation is 1. The van der Waals surface area contributed by atoms with Crippen LogP contribution >= 0.6 is 15.9 Å². The largest absolute Gasteiger partial charge is 0.310 e. The van der Waals surface area contributed by atoms with Gasteiger partial charge in [0.15, 0.2) is 0 Å². The number of rotatable bonds is 4. The summed E-state index contributed by atoms with van der Waals surface area (Å²) < 4.78 is 3.23. The van der Waals surface area contributed by atoms with Crippen molar-refractivity contribution in [3.05, 3.63) is 46.5 Å². The van der Waals surface area contributed by atoms with Gasteiger partial charge in [-0.1, -0.05) is 22.0 Å². The maximum Gasteiger partial charge on any atom is 0.110 e. The third-order valence-electron chi connectivity index (χ3n) is 3.29. The zero-order chi connectivity index (χ0) is 12.5. The topological polar surface area (TPSA) is 29.9 Å². The third kappa shape index (κ3) is 2.49. The van der Waals surface area contributed by atoms with Crippen LogP contribution in [0.15, 0.2) is 35.1 Å². The van der Waals surface area contributed by atoms with E-state index in [2.05, 4.69) is 49.0 Å². The first-order valence-corrected chi connectivity index (χ1v) is 7.05. The minimum Gasteiger partial charge on any atom is -0.310 e. The van der Waals surface area contributed by atoms with E-state index in [1.165, 1.54) is 24.1 Å². The number of imidazole rings is 1. The predicted molar refractivity (Wildman–Crippen MR) is 75.9 cm³/mol. The Bertz CT molecular complexity index is 558. The highest BCUT2D eigenvalue weighted by atomic mass is 79.9. The highest BCUT2D eigenvalue weighted by Crippen LogP contribution is 2.24. The Hall–Kier alpha value is -1.13. The standard InChI is InChI=1S/C14H16BrN3/c1-10-16-6-7-18(10)14-8-12(15)3-2-11(14)9-17-13-4-5-13/h2-3,6-8,13,17H,4-5,9H2,1H3. The van der Waals surface area contributed by atoms with Gasteiger partial charge in [0.2, 0.25) is 0 Å². The molecule has 0 radical (unpaired) electrons. The molecule has 18 heavy (non-hydrogen) atoms. The fourth-order valence-corrected chi connectivity index (χ4v) is 2.43. The molecule has 1 aromatic carbocycles. The zero-order valence-corrected chi connectivity index (χ0v) is 11.9. The van der Waals surface area contributed by atoms with Gasteiger partial charge in [-0.3, -0.25) is 0 Å². The molecule has 1 fully saturated rings. The molecule has 1 N–H and O–H groups in total. The Labute approximate surface area is 115 Å². The molecule has 4 heteroatoms. The third-order valence-corrected chi connectivity index (χ3v) is 3.78. The van der Waals surface area contributed by atoms with Crippen molar-refractivity contribution >= 4 is 15.9 Å². The van der Waals surface area contributed by atoms with Gasteiger partial charge in [0, 0.05) is 29.5 Å². The summed E-state index contributed by atoms with van der Waals surface area (Å²) in [6.45, 7) is 2.95. The van der Waals surface area contributed by atoms with Crippen molar-refractivity contribution in [1.29, 1.82) is 0 Å². The molecule has 1 saturated carbocycles. The maximum atomic E-state index is 4.30. The van der Waals surface area contributed by atoms with Gasteiger partial charge in [-0.05, 0) is 37.5 Å². The van der Waals surface area contributed by atoms with Crippen LogP contribution in [0, 0.1) is 6.92 Å². The zero-order valence-electron chi connectivity index (χ0n) is 10.4. The Morgan fingerprint density at radius 2 is 2.28 bits per heavy atom. The molecule has 3 nitrogen and oxygen atoms in total. The molecule has 0 bridgehead atoms. The van der Waals surface area contributed by atoms with E-state index in [-0.39, 0.29) is 0 Å². The van der Waals surface area contributed by atoms with Gasteiger partial charge in [0.05, 0.1) is 5.69 Å². The van der Waals surface area contributed by atoms with E-state index in [4.69, 9.17) is 0 Å². The lowest BCUT2D eigenvalue weighted by molar-refractivity contribution is 0.684. The minimum atomic E-state index is 0.727. The van der Waals surface area contributed by atoms with Crippen LogP contribution < -0.4 is 5.32 Å². The summed E-state index contributed by atoms with van der Waals surface area (Å²) in [6, 6.07) is 7.15. The van der Waals surface area contributed by atoms with Gasteiger partial charge in [0.1, 0.15) is 5.82 Å². The number of halogens is 1. The molecule has 0 atom stereocenters. The molecule has 0 amide bonds. The smallest absolute Gasteiger partial charge is 0.110 e. The summed E-state index contributed by atoms with van der Waals surface area (Å²) in [5.41, 5.74) is 2.51. The predicted octanol–water partition coefficient (Wildman–Crippen LogP) is 3.20. The molecule has 0 saturated heterocycles. The minimum absolute atomic E-state index is 0.727. The van der Waals surface area contributed by atoms with Gasteiger partial charge in [-0.25, -0.2) is 4.98 Å². The number of hydrogen-bond donors (Lipinski definition) is 1. The second kappa shape index (κ2) is 4.86. The van der Waals surface area contributed by atoms with Gasteiger partial charge in [-0.2, -0.15) is 0 Å². The van der Waals surface area contributed by atoms with Crippen molar-refractivity contribution in [3.8, 4) is 5.69 Å². The van der Waals surface area contributed by atoms with E-state index in [1.54, 1.807) is 0 Å². The normalized spacial score (nSPS) is 15.0. The van der Waals surface area contributed by atoms with Crippen molar-refractivity contribution in [1.82, 2.24) is 14.9 Å². The second-order valence-electron chi connectivity index (χ2n) is 4.77. The number of hydrogen-bond acceptors (Lipinski definition) is 2. The van der Waals surface area contributed by atoms with Crippen LogP contribution in [0.1, 0.15) is 24.2 Å². The molecular formula is C14H16BrN3. The summed E-state index contributed by atoms with van der Waals surface area (Å²) in [7, 11) is 0. The van der Waals surface area contributed by atoms with Crippen LogP contribution in [0.5, 0.6) is 0 Å². The molecule has 3 rings (SSSR count). The van der Waals surface area contributed by atoms with Crippen LogP contribution in [0.3, 0.4) is 0 Å². The summed E-state index contributed by atoms with van der Waals surface area (Å²) >= 11 is 3.54. The van der Waals surface area contributed by atoms with E-state index in [0.29, 0.717) is 0 Å². The number of benzene rings is 1. The first-order valence-electron chi connectivity index (χ1n) is 6.26. The van der Waals surface area contributed by atoms with Gasteiger partial charge in [-0.15, -0.1) is 0 Å². The summed E-state index contributed by atoms with van der Waals surface area (Å²) in [5, 5.41) is 3.57. The Morgan fingerprint density at radius 1 is 1.44 bits per heavy atom. The van der Waals surface area contributed by atoms with Crippen molar-refractivity contribution in [2.24, 2.45) is 0 Å². The average Bonchev–Trinajstić information content (AvgIpc) is 3.09. The van der Waals surface area contributed by atoms with E-state index in [1.807, 2.05) is 19.3 Å². The highest BCUT2D eigenvalue weighted by Gasteiger charge is 2.20. The quantitative estimate of drug-likeness (QED) is 0.940. The SMILES string of the molecule is Cc1nccn1-c1cc(Br)ccc1CNC1CC1. The van der Waals surface area contributed by atoms with Crippen molar-refractivity contribution in [2.75, 3.05) is 0 Å². The number of nitrogens with one attached hydrogen (secondary N) is 1. The monoisotopic (exact) mass is 305 g/mol. The molecule has 1 aliphatic carbocycles. The molecule has 0 unspecified atom stereocenters. The van der Waals surface area contributed by atoms with E-state index in [0.717, 1.165) is 22.9 Å². The number of nitrogens with zero attached hydrogens (tertiary/aromatic N) is 2. The van der Waals surface area contributed by atoms with Crippen molar-refractivity contribution in [2.45, 2.75) is 32.4 Å². The molecule has 0 aliphatic heterocycles. The van der Waals surface area contributed by atoms with E-state index in [9.17, 15) is 0 Å². The average molecular weight is 306 g/mol. The summed E-state index contributed by atoms with van der Waals surface area (Å²) in [5.74, 6) is 1.01. The van der Waals surface area contributed by atoms with Gasteiger partial charge in [0.25, 0.3) is 0 Å². The summed E-state index contributed by atoms with van der Waals surface area (Å²) in [6.07, 6.45) is 6.48. The molecule has 2 aromatic rings. The van der Waals surface area contributed by atoms with Crippen LogP contribution in [0.4, 0.5) is 0 Å². The number of aromatic nitrogens is 2. The molecule has 94 valence electrons. The first-order chi connectivity index (χ1) is 8.74. The molecule has 0 spiro atoms. The first kappa shape index (κ1) is 11.9. The maximum absolute atomic E-state index is 4.30. The Balaban J connectivity index is 1.94. The van der Waals surface area contributed by atoms with Crippen molar-refractivity contribution in [3.63, 3.8) is 0 Å².